The number of imidazole rings is 1. The van der Waals surface area contributed by atoms with E-state index in [9.17, 15) is 18.3 Å². The monoisotopic (exact) mass is 460 g/mol. The van der Waals surface area contributed by atoms with Gasteiger partial charge in [0.2, 0.25) is 0 Å². The van der Waals surface area contributed by atoms with Gasteiger partial charge in [-0.3, -0.25) is 4.79 Å². The molecule has 0 amide bonds. The second-order valence-corrected chi connectivity index (χ2v) is 10.2. The first-order valence-electron chi connectivity index (χ1n) is 9.96. The van der Waals surface area contributed by atoms with Crippen molar-refractivity contribution >= 4 is 38.8 Å². The third-order valence-electron chi connectivity index (χ3n) is 6.43. The highest BCUT2D eigenvalue weighted by Gasteiger charge is 2.70. The van der Waals surface area contributed by atoms with Gasteiger partial charge in [-0.1, -0.05) is 48.9 Å². The first-order valence-corrected chi connectivity index (χ1v) is 11.8. The Morgan fingerprint density at radius 1 is 1.23 bits per heavy atom. The van der Waals surface area contributed by atoms with Gasteiger partial charge >= 0.3 is 5.97 Å². The number of aromatic nitrogens is 2. The zero-order chi connectivity index (χ0) is 22.0. The van der Waals surface area contributed by atoms with Crippen molar-refractivity contribution < 1.29 is 18.3 Å². The molecule has 1 unspecified atom stereocenters. The van der Waals surface area contributed by atoms with Gasteiger partial charge in [-0.05, 0) is 29.7 Å². The van der Waals surface area contributed by atoms with E-state index in [-0.39, 0.29) is 19.0 Å². The molecular formula is C21H21ClN4O4S. The fourth-order valence-corrected chi connectivity index (χ4v) is 6.49. The summed E-state index contributed by atoms with van der Waals surface area (Å²) in [6.07, 6.45) is 0. The summed E-state index contributed by atoms with van der Waals surface area (Å²) in [4.78, 5) is 16.7. The summed E-state index contributed by atoms with van der Waals surface area (Å²) in [6.45, 7) is 2.46. The van der Waals surface area contributed by atoms with Crippen LogP contribution in [0.5, 0.6) is 0 Å². The Labute approximate surface area is 184 Å². The van der Waals surface area contributed by atoms with Crippen LogP contribution in [0.25, 0.3) is 11.0 Å². The fraction of sp³-hybridized carbons (Fsp3) is 0.333. The second kappa shape index (κ2) is 7.03. The molecule has 3 aromatic rings. The van der Waals surface area contributed by atoms with E-state index in [2.05, 4.69) is 9.71 Å². The third-order valence-corrected chi connectivity index (χ3v) is 8.25. The highest BCUT2D eigenvalue weighted by Crippen LogP contribution is 2.58. The van der Waals surface area contributed by atoms with Crippen LogP contribution in [0.2, 0.25) is 5.02 Å². The molecule has 1 aliphatic heterocycles. The van der Waals surface area contributed by atoms with E-state index < -0.39 is 27.6 Å². The lowest BCUT2D eigenvalue weighted by atomic mass is 10.1. The summed E-state index contributed by atoms with van der Waals surface area (Å²) in [5, 5.41) is 10.5. The Hall–Kier alpha value is -2.46. The number of halogens is 1. The minimum Gasteiger partial charge on any atom is -0.480 e. The minimum absolute atomic E-state index is 0.0573. The summed E-state index contributed by atoms with van der Waals surface area (Å²) >= 11 is 6.05. The number of hydrogen-bond acceptors (Lipinski definition) is 4. The van der Waals surface area contributed by atoms with Crippen LogP contribution in [0.3, 0.4) is 0 Å². The van der Waals surface area contributed by atoms with Crippen molar-refractivity contribution in [1.29, 1.82) is 0 Å². The molecule has 2 heterocycles. The number of benzene rings is 2. The van der Waals surface area contributed by atoms with Crippen LogP contribution < -0.4 is 4.72 Å². The van der Waals surface area contributed by atoms with E-state index in [4.69, 9.17) is 11.6 Å². The Bertz CT molecular complexity index is 1290. The van der Waals surface area contributed by atoms with Crippen LogP contribution in [-0.2, 0) is 28.1 Å². The van der Waals surface area contributed by atoms with Crippen LogP contribution in [0.1, 0.15) is 24.2 Å². The molecule has 3 atom stereocenters. The maximum Gasteiger partial charge on any atom is 0.325 e. The van der Waals surface area contributed by atoms with E-state index in [1.807, 2.05) is 41.0 Å². The van der Waals surface area contributed by atoms with Gasteiger partial charge in [0.25, 0.3) is 10.2 Å². The van der Waals surface area contributed by atoms with Crippen molar-refractivity contribution in [2.45, 2.75) is 31.5 Å². The van der Waals surface area contributed by atoms with E-state index in [0.717, 1.165) is 11.1 Å². The van der Waals surface area contributed by atoms with Crippen LogP contribution in [-0.4, -0.2) is 45.4 Å². The largest absolute Gasteiger partial charge is 0.480 e. The van der Waals surface area contributed by atoms with Crippen molar-refractivity contribution in [2.24, 2.45) is 5.92 Å². The Morgan fingerprint density at radius 2 is 1.97 bits per heavy atom. The van der Waals surface area contributed by atoms with Crippen molar-refractivity contribution in [3.63, 3.8) is 0 Å². The van der Waals surface area contributed by atoms with Crippen molar-refractivity contribution in [1.82, 2.24) is 18.6 Å². The summed E-state index contributed by atoms with van der Waals surface area (Å²) in [5.41, 5.74) is 0.839. The maximum absolute atomic E-state index is 13.2. The fourth-order valence-electron chi connectivity index (χ4n) is 4.76. The Kier molecular flexibility index (Phi) is 4.63. The molecular weight excluding hydrogens is 440 g/mol. The van der Waals surface area contributed by atoms with Gasteiger partial charge in [-0.15, -0.1) is 0 Å². The lowest BCUT2D eigenvalue weighted by Crippen LogP contribution is -2.53. The Morgan fingerprint density at radius 3 is 2.68 bits per heavy atom. The lowest BCUT2D eigenvalue weighted by Gasteiger charge is -2.29. The number of nitrogens with one attached hydrogen (secondary N) is 1. The van der Waals surface area contributed by atoms with Gasteiger partial charge in [0.05, 0.1) is 17.6 Å². The van der Waals surface area contributed by atoms with E-state index >= 15 is 0 Å². The number of aliphatic carboxylic acids is 1. The van der Waals surface area contributed by atoms with Crippen molar-refractivity contribution in [3.05, 3.63) is 64.9 Å². The van der Waals surface area contributed by atoms with Crippen LogP contribution >= 0.6 is 11.6 Å². The second-order valence-electron chi connectivity index (χ2n) is 8.10. The average Bonchev–Trinajstić information content (AvgIpc) is 3.15. The van der Waals surface area contributed by atoms with Crippen LogP contribution in [0, 0.1) is 5.92 Å². The smallest absolute Gasteiger partial charge is 0.325 e. The number of rotatable bonds is 5. The third kappa shape index (κ3) is 3.15. The summed E-state index contributed by atoms with van der Waals surface area (Å²) in [7, 11) is -4.06. The zero-order valence-electron chi connectivity index (χ0n) is 16.7. The minimum atomic E-state index is -4.06. The Balaban J connectivity index is 1.43. The molecule has 31 heavy (non-hydrogen) atoms. The molecule has 0 spiro atoms. The van der Waals surface area contributed by atoms with Crippen LogP contribution in [0.4, 0.5) is 0 Å². The highest BCUT2D eigenvalue weighted by molar-refractivity contribution is 7.87. The normalized spacial score (nSPS) is 26.0. The summed E-state index contributed by atoms with van der Waals surface area (Å²) < 4.78 is 32.2. The molecule has 1 aliphatic carbocycles. The molecule has 8 nitrogen and oxygen atoms in total. The molecule has 1 fully saturated rings. The van der Waals surface area contributed by atoms with Gasteiger partial charge in [0.15, 0.2) is 0 Å². The number of nitrogens with zero attached hydrogens (tertiary/aromatic N) is 3. The van der Waals surface area contributed by atoms with E-state index in [1.165, 1.54) is 4.31 Å². The van der Waals surface area contributed by atoms with Gasteiger partial charge in [-0.2, -0.15) is 17.4 Å². The first kappa shape index (κ1) is 20.4. The van der Waals surface area contributed by atoms with Gasteiger partial charge in [-0.25, -0.2) is 4.98 Å². The molecule has 0 bridgehead atoms. The van der Waals surface area contributed by atoms with E-state index in [1.54, 1.807) is 19.1 Å². The molecule has 2 N–H and O–H groups in total. The quantitative estimate of drug-likeness (QED) is 0.609. The zero-order valence-corrected chi connectivity index (χ0v) is 18.3. The standard InChI is InChI=1S/C21H21ClN4O4S/c1-13-19(14-5-3-2-4-6-14)21(13,20(27)28)24-31(29,30)25-9-10-26-17-8-7-15(22)11-16(17)23-18(26)12-25/h2-8,11,13,19,24H,9-10,12H2,1H3,(H,27,28)/t13?,19-,21+/m1/s1. The predicted octanol–water partition coefficient (Wildman–Crippen LogP) is 2.60. The van der Waals surface area contributed by atoms with Crippen molar-refractivity contribution in [2.75, 3.05) is 6.54 Å². The molecule has 5 rings (SSSR count). The molecule has 10 heteroatoms. The molecule has 1 saturated carbocycles. The number of carboxylic acids is 1. The number of hydrogen-bond donors (Lipinski definition) is 2. The van der Waals surface area contributed by atoms with Gasteiger partial charge in [0, 0.05) is 24.0 Å². The maximum atomic E-state index is 13.2. The van der Waals surface area contributed by atoms with Gasteiger partial charge < -0.3 is 9.67 Å². The molecule has 162 valence electrons. The summed E-state index contributed by atoms with van der Waals surface area (Å²) in [6, 6.07) is 14.5. The highest BCUT2D eigenvalue weighted by atomic mass is 35.5. The molecule has 0 saturated heterocycles. The SMILES string of the molecule is CC1[C@H](c2ccccc2)[C@]1(NS(=O)(=O)N1CCn2c(nc3cc(Cl)ccc32)C1)C(=O)O. The predicted molar refractivity (Wildman–Crippen MR) is 116 cm³/mol. The average molecular weight is 461 g/mol. The van der Waals surface area contributed by atoms with Crippen molar-refractivity contribution in [3.8, 4) is 0 Å². The van der Waals surface area contributed by atoms with Crippen LogP contribution in [0.15, 0.2) is 48.5 Å². The summed E-state index contributed by atoms with van der Waals surface area (Å²) in [5.74, 6) is -1.38. The van der Waals surface area contributed by atoms with Gasteiger partial charge in [0.1, 0.15) is 11.4 Å². The molecule has 2 aromatic carbocycles. The number of carboxylic acid groups (broad SMARTS) is 1. The topological polar surface area (TPSA) is 105 Å². The molecule has 1 aromatic heterocycles. The number of fused-ring (bicyclic) bond motifs is 3. The van der Waals surface area contributed by atoms with E-state index in [0.29, 0.717) is 22.9 Å². The lowest BCUT2D eigenvalue weighted by molar-refractivity contribution is -0.140. The number of carbonyl (C=O) groups is 1. The first-order chi connectivity index (χ1) is 14.7. The molecule has 2 aliphatic rings. The molecule has 0 radical (unpaired) electrons.